The molecule has 0 aliphatic carbocycles. The van der Waals surface area contributed by atoms with Gasteiger partial charge in [0.15, 0.2) is 6.67 Å². The number of hydrogen-bond donors (Lipinski definition) is 1. The first-order chi connectivity index (χ1) is 3.95. The number of hydrogen-bond acceptors (Lipinski definition) is 1. The Kier molecular flexibility index (Phi) is 2.83. The van der Waals surface area contributed by atoms with Gasteiger partial charge >= 0.3 is 0 Å². The van der Waals surface area contributed by atoms with Gasteiger partial charge in [0.05, 0.1) is 0 Å². The Morgan fingerprint density at radius 2 is 2.00 bits per heavy atom. The first kappa shape index (κ1) is 8.62. The fourth-order valence-corrected chi connectivity index (χ4v) is 1.35. The van der Waals surface area contributed by atoms with Crippen molar-refractivity contribution in [2.75, 3.05) is 6.67 Å². The number of carbonyl (C=O) groups is 1. The highest BCUT2D eigenvalue weighted by atomic mass is 28.3. The summed E-state index contributed by atoms with van der Waals surface area (Å²) >= 11 is 0. The first-order valence-electron chi connectivity index (χ1n) is 2.82. The van der Waals surface area contributed by atoms with Crippen LogP contribution in [0.25, 0.3) is 0 Å². The molecule has 0 fully saturated rings. The second-order valence-corrected chi connectivity index (χ2v) is 7.68. The average Bonchev–Trinajstić information content (AvgIpc) is 1.62. The van der Waals surface area contributed by atoms with Crippen LogP contribution in [-0.4, -0.2) is 20.8 Å². The van der Waals surface area contributed by atoms with Gasteiger partial charge in [-0.05, 0) is 0 Å². The normalized spacial score (nSPS) is 11.1. The lowest BCUT2D eigenvalue weighted by atomic mass is 10.7. The highest BCUT2D eigenvalue weighted by Crippen LogP contribution is 1.92. The van der Waals surface area contributed by atoms with E-state index in [1.165, 1.54) is 0 Å². The van der Waals surface area contributed by atoms with E-state index in [4.69, 9.17) is 0 Å². The van der Waals surface area contributed by atoms with Crippen molar-refractivity contribution >= 4 is 14.1 Å². The molecule has 4 heteroatoms. The van der Waals surface area contributed by atoms with Crippen LogP contribution in [0.5, 0.6) is 0 Å². The van der Waals surface area contributed by atoms with Gasteiger partial charge in [-0.15, -0.1) is 0 Å². The third-order valence-corrected chi connectivity index (χ3v) is 1.66. The lowest BCUT2D eigenvalue weighted by Crippen LogP contribution is -2.45. The molecule has 0 spiro atoms. The van der Waals surface area contributed by atoms with Crippen LogP contribution in [-0.2, 0) is 4.79 Å². The molecule has 0 aliphatic heterocycles. The van der Waals surface area contributed by atoms with Crippen LogP contribution < -0.4 is 4.98 Å². The molecule has 0 aromatic carbocycles. The fourth-order valence-electron chi connectivity index (χ4n) is 0.452. The summed E-state index contributed by atoms with van der Waals surface area (Å²) in [6.07, 6.45) is 0. The minimum Gasteiger partial charge on any atom is -0.380 e. The molecule has 2 nitrogen and oxygen atoms in total. The Labute approximate surface area is 55.5 Å². The number of carbonyl (C=O) groups excluding carboxylic acids is 1. The highest BCUT2D eigenvalue weighted by Gasteiger charge is 2.15. The minimum atomic E-state index is -1.58. The third-order valence-electron chi connectivity index (χ3n) is 0.636. The molecule has 0 aromatic rings. The van der Waals surface area contributed by atoms with Gasteiger partial charge in [0, 0.05) is 0 Å². The second kappa shape index (κ2) is 2.96. The topological polar surface area (TPSA) is 29.1 Å². The number of amides is 1. The van der Waals surface area contributed by atoms with E-state index in [1.807, 2.05) is 19.6 Å². The molecule has 1 N–H and O–H groups in total. The first-order valence-corrected chi connectivity index (χ1v) is 6.32. The van der Waals surface area contributed by atoms with Gasteiger partial charge in [0.1, 0.15) is 8.24 Å². The van der Waals surface area contributed by atoms with Crippen LogP contribution in [0.3, 0.4) is 0 Å². The van der Waals surface area contributed by atoms with Gasteiger partial charge in [-0.1, -0.05) is 19.6 Å². The summed E-state index contributed by atoms with van der Waals surface area (Å²) in [6.45, 7) is 4.94. The van der Waals surface area contributed by atoms with Gasteiger partial charge in [-0.25, -0.2) is 4.39 Å². The number of nitrogens with one attached hydrogen (secondary N) is 1. The summed E-state index contributed by atoms with van der Waals surface area (Å²) in [7, 11) is -1.58. The van der Waals surface area contributed by atoms with Crippen molar-refractivity contribution in [3.63, 3.8) is 0 Å². The molecule has 0 atom stereocenters. The predicted octanol–water partition coefficient (Wildman–Crippen LogP) is 0.907. The van der Waals surface area contributed by atoms with E-state index < -0.39 is 20.8 Å². The molecular formula is C5H12FNOSi. The lowest BCUT2D eigenvalue weighted by Gasteiger charge is -2.15. The van der Waals surface area contributed by atoms with Crippen molar-refractivity contribution in [1.29, 1.82) is 0 Å². The summed E-state index contributed by atoms with van der Waals surface area (Å²) in [6, 6.07) is 0. The number of halogens is 1. The highest BCUT2D eigenvalue weighted by molar-refractivity contribution is 6.75. The van der Waals surface area contributed by atoms with Gasteiger partial charge in [-0.3, -0.25) is 4.79 Å². The maximum atomic E-state index is 11.5. The molecule has 0 radical (unpaired) electrons. The van der Waals surface area contributed by atoms with Gasteiger partial charge in [0.25, 0.3) is 0 Å². The SMILES string of the molecule is C[Si](C)(C)NC(=O)CF. The number of rotatable bonds is 2. The molecule has 1 amide bonds. The van der Waals surface area contributed by atoms with E-state index in [0.29, 0.717) is 0 Å². The maximum Gasteiger partial charge on any atom is 0.243 e. The Bertz CT molecular complexity index is 110. The predicted molar refractivity (Wildman–Crippen MR) is 37.5 cm³/mol. The van der Waals surface area contributed by atoms with E-state index in [1.54, 1.807) is 0 Å². The molecule has 0 aliphatic rings. The molecule has 0 unspecified atom stereocenters. The Hall–Kier alpha value is -0.383. The molecular weight excluding hydrogens is 137 g/mol. The van der Waals surface area contributed by atoms with Crippen LogP contribution in [0.1, 0.15) is 0 Å². The summed E-state index contributed by atoms with van der Waals surface area (Å²) < 4.78 is 11.5. The zero-order valence-corrected chi connectivity index (χ0v) is 6.99. The smallest absolute Gasteiger partial charge is 0.243 e. The van der Waals surface area contributed by atoms with E-state index in [9.17, 15) is 9.18 Å². The molecule has 0 aromatic heterocycles. The van der Waals surface area contributed by atoms with Crippen molar-refractivity contribution in [2.24, 2.45) is 0 Å². The van der Waals surface area contributed by atoms with Gasteiger partial charge < -0.3 is 4.98 Å². The third kappa shape index (κ3) is 5.49. The van der Waals surface area contributed by atoms with Gasteiger partial charge in [0.2, 0.25) is 5.91 Å². The standard InChI is InChI=1S/C5H12FNOSi/c1-9(2,3)7-5(8)4-6/h4H2,1-3H3,(H,7,8). The molecule has 0 heterocycles. The fraction of sp³-hybridized carbons (Fsp3) is 0.800. The molecule has 0 bridgehead atoms. The van der Waals surface area contributed by atoms with Crippen LogP contribution in [0.4, 0.5) is 4.39 Å². The molecule has 0 saturated heterocycles. The van der Waals surface area contributed by atoms with Crippen molar-refractivity contribution < 1.29 is 9.18 Å². The van der Waals surface area contributed by atoms with Crippen LogP contribution in [0, 0.1) is 0 Å². The zero-order chi connectivity index (χ0) is 7.49. The summed E-state index contributed by atoms with van der Waals surface area (Å²) in [5.74, 6) is -0.492. The summed E-state index contributed by atoms with van der Waals surface area (Å²) in [5.41, 5.74) is 0. The van der Waals surface area contributed by atoms with E-state index in [2.05, 4.69) is 4.98 Å². The van der Waals surface area contributed by atoms with Crippen LogP contribution >= 0.6 is 0 Å². The molecule has 0 saturated carbocycles. The Balaban J connectivity index is 3.60. The molecule has 0 rings (SSSR count). The second-order valence-electron chi connectivity index (χ2n) is 2.93. The van der Waals surface area contributed by atoms with E-state index >= 15 is 0 Å². The van der Waals surface area contributed by atoms with Crippen LogP contribution in [0.2, 0.25) is 19.6 Å². The lowest BCUT2D eigenvalue weighted by molar-refractivity contribution is -0.120. The van der Waals surface area contributed by atoms with Crippen molar-refractivity contribution in [2.45, 2.75) is 19.6 Å². The van der Waals surface area contributed by atoms with Crippen molar-refractivity contribution in [3.8, 4) is 0 Å². The summed E-state index contributed by atoms with van der Waals surface area (Å²) in [5, 5.41) is 0. The minimum absolute atomic E-state index is 0.492. The number of alkyl halides is 1. The average molecular weight is 149 g/mol. The zero-order valence-electron chi connectivity index (χ0n) is 5.99. The van der Waals surface area contributed by atoms with E-state index in [-0.39, 0.29) is 0 Å². The monoisotopic (exact) mass is 149 g/mol. The summed E-state index contributed by atoms with van der Waals surface area (Å²) in [4.78, 5) is 13.0. The Morgan fingerprint density at radius 1 is 1.56 bits per heavy atom. The quantitative estimate of drug-likeness (QED) is 0.581. The largest absolute Gasteiger partial charge is 0.380 e. The van der Waals surface area contributed by atoms with Crippen molar-refractivity contribution in [1.82, 2.24) is 4.98 Å². The van der Waals surface area contributed by atoms with E-state index in [0.717, 1.165) is 0 Å². The van der Waals surface area contributed by atoms with Crippen LogP contribution in [0.15, 0.2) is 0 Å². The molecule has 54 valence electrons. The molecule has 9 heavy (non-hydrogen) atoms. The van der Waals surface area contributed by atoms with Gasteiger partial charge in [-0.2, -0.15) is 0 Å². The Morgan fingerprint density at radius 3 is 2.11 bits per heavy atom. The maximum absolute atomic E-state index is 11.5. The van der Waals surface area contributed by atoms with Crippen molar-refractivity contribution in [3.05, 3.63) is 0 Å².